The molecule has 0 aromatic heterocycles. The van der Waals surface area contributed by atoms with Crippen LogP contribution in [-0.2, 0) is 10.0 Å². The van der Waals surface area contributed by atoms with Gasteiger partial charge in [-0.05, 0) is 24.6 Å². The molecule has 0 saturated carbocycles. The van der Waals surface area contributed by atoms with E-state index >= 15 is 0 Å². The summed E-state index contributed by atoms with van der Waals surface area (Å²) in [5.74, 6) is 0. The third-order valence-electron chi connectivity index (χ3n) is 1.54. The molecule has 0 amide bonds. The number of hydrogen-bond donors (Lipinski definition) is 1. The Morgan fingerprint density at radius 3 is 2.06 bits per heavy atom. The number of anilines is 1. The van der Waals surface area contributed by atoms with E-state index in [-0.39, 0.29) is 0 Å². The van der Waals surface area contributed by atoms with Gasteiger partial charge in [0.05, 0.1) is 17.0 Å². The van der Waals surface area contributed by atoms with Crippen LogP contribution < -0.4 is 4.72 Å². The molecule has 1 rings (SSSR count). The van der Waals surface area contributed by atoms with Gasteiger partial charge in [0, 0.05) is 5.02 Å². The highest BCUT2D eigenvalue weighted by Gasteiger charge is 2.09. The van der Waals surface area contributed by atoms with Crippen LogP contribution >= 0.6 is 23.2 Å². The van der Waals surface area contributed by atoms with Crippen LogP contribution in [0.3, 0.4) is 0 Å². The van der Waals surface area contributed by atoms with E-state index in [2.05, 4.69) is 4.72 Å². The molecule has 0 unspecified atom stereocenters. The topological polar surface area (TPSA) is 46.2 Å². The Hall–Kier alpha value is -0.450. The average molecular weight is 284 g/mol. The lowest BCUT2D eigenvalue weighted by molar-refractivity contribution is 0.607. The van der Waals surface area contributed by atoms with Crippen LogP contribution in [0.25, 0.3) is 0 Å². The van der Waals surface area contributed by atoms with Crippen molar-refractivity contribution in [2.75, 3.05) is 11.0 Å². The van der Waals surface area contributed by atoms with Gasteiger partial charge in [0.15, 0.2) is 0 Å². The zero-order valence-corrected chi connectivity index (χ0v) is 12.0. The minimum atomic E-state index is -3.31. The summed E-state index contributed by atoms with van der Waals surface area (Å²) in [6.07, 6.45) is 1.07. The van der Waals surface area contributed by atoms with Crippen molar-refractivity contribution in [3.8, 4) is 0 Å². The van der Waals surface area contributed by atoms with Crippen molar-refractivity contribution >= 4 is 38.9 Å². The Bertz CT molecular complexity index is 435. The van der Waals surface area contributed by atoms with E-state index in [1.807, 2.05) is 13.8 Å². The van der Waals surface area contributed by atoms with Gasteiger partial charge in [-0.3, -0.25) is 4.72 Å². The molecule has 0 aliphatic rings. The van der Waals surface area contributed by atoms with Crippen LogP contribution in [0.5, 0.6) is 0 Å². The molecule has 0 spiro atoms. The predicted molar refractivity (Wildman–Crippen MR) is 71.0 cm³/mol. The van der Waals surface area contributed by atoms with E-state index in [0.717, 1.165) is 6.26 Å². The van der Waals surface area contributed by atoms with Crippen LogP contribution in [0.1, 0.15) is 19.4 Å². The summed E-state index contributed by atoms with van der Waals surface area (Å²) in [5, 5.41) is 0.770. The number of benzene rings is 1. The molecule has 6 heteroatoms. The van der Waals surface area contributed by atoms with Gasteiger partial charge in [0.1, 0.15) is 0 Å². The lowest BCUT2D eigenvalue weighted by Crippen LogP contribution is -2.11. The second-order valence-electron chi connectivity index (χ2n) is 2.95. The summed E-state index contributed by atoms with van der Waals surface area (Å²) in [5.41, 5.74) is 1.06. The van der Waals surface area contributed by atoms with E-state index in [1.54, 1.807) is 13.0 Å². The van der Waals surface area contributed by atoms with Crippen LogP contribution in [-0.4, -0.2) is 14.7 Å². The van der Waals surface area contributed by atoms with Crippen LogP contribution in [0, 0.1) is 6.92 Å². The number of sulfonamides is 1. The Kier molecular flexibility index (Phi) is 6.15. The first-order chi connectivity index (χ1) is 7.29. The smallest absolute Gasteiger partial charge is 0.229 e. The summed E-state index contributed by atoms with van der Waals surface area (Å²) >= 11 is 11.6. The summed E-state index contributed by atoms with van der Waals surface area (Å²) in [6.45, 7) is 5.73. The molecule has 1 aromatic rings. The summed E-state index contributed by atoms with van der Waals surface area (Å²) in [6, 6.07) is 3.13. The number of halogens is 2. The predicted octanol–water partition coefficient (Wildman–Crippen LogP) is 3.70. The third kappa shape index (κ3) is 5.05. The Morgan fingerprint density at radius 2 is 1.69 bits per heavy atom. The summed E-state index contributed by atoms with van der Waals surface area (Å²) in [7, 11) is -3.31. The Balaban J connectivity index is 0.00000106. The van der Waals surface area contributed by atoms with Crippen molar-refractivity contribution in [1.29, 1.82) is 0 Å². The molecule has 1 aromatic carbocycles. The molecular weight excluding hydrogens is 269 g/mol. The van der Waals surface area contributed by atoms with Gasteiger partial charge in [-0.1, -0.05) is 37.0 Å². The quantitative estimate of drug-likeness (QED) is 0.900. The van der Waals surface area contributed by atoms with Gasteiger partial charge in [-0.2, -0.15) is 0 Å². The van der Waals surface area contributed by atoms with Gasteiger partial charge in [-0.25, -0.2) is 8.42 Å². The molecule has 92 valence electrons. The van der Waals surface area contributed by atoms with E-state index in [4.69, 9.17) is 23.2 Å². The Labute approximate surface area is 107 Å². The van der Waals surface area contributed by atoms with Crippen LogP contribution in [0.4, 0.5) is 5.69 Å². The van der Waals surface area contributed by atoms with Crippen LogP contribution in [0.15, 0.2) is 12.1 Å². The number of nitrogens with one attached hydrogen (secondary N) is 1. The maximum absolute atomic E-state index is 11.0. The van der Waals surface area contributed by atoms with E-state index in [1.165, 1.54) is 6.07 Å². The normalized spacial score (nSPS) is 10.4. The van der Waals surface area contributed by atoms with Crippen molar-refractivity contribution in [2.24, 2.45) is 0 Å². The first-order valence-electron chi connectivity index (χ1n) is 4.73. The molecule has 1 N–H and O–H groups in total. The molecular formula is C10H15Cl2NO2S. The zero-order valence-electron chi connectivity index (χ0n) is 9.64. The molecule has 0 atom stereocenters. The minimum absolute atomic E-state index is 0.292. The number of rotatable bonds is 2. The highest BCUT2D eigenvalue weighted by Crippen LogP contribution is 2.30. The molecule has 0 aliphatic heterocycles. The van der Waals surface area contributed by atoms with Gasteiger partial charge in [-0.15, -0.1) is 0 Å². The highest BCUT2D eigenvalue weighted by molar-refractivity contribution is 7.92. The van der Waals surface area contributed by atoms with Crippen molar-refractivity contribution in [3.63, 3.8) is 0 Å². The third-order valence-corrected chi connectivity index (χ3v) is 2.63. The highest BCUT2D eigenvalue weighted by atomic mass is 35.5. The molecule has 16 heavy (non-hydrogen) atoms. The average Bonchev–Trinajstić information content (AvgIpc) is 2.13. The van der Waals surface area contributed by atoms with E-state index in [0.29, 0.717) is 21.3 Å². The first kappa shape index (κ1) is 15.6. The summed E-state index contributed by atoms with van der Waals surface area (Å²) in [4.78, 5) is 0. The van der Waals surface area contributed by atoms with Gasteiger partial charge in [0.25, 0.3) is 0 Å². The number of aryl methyl sites for hydroxylation is 1. The molecule has 3 nitrogen and oxygen atoms in total. The first-order valence-corrected chi connectivity index (χ1v) is 7.38. The molecule has 0 heterocycles. The van der Waals surface area contributed by atoms with E-state index in [9.17, 15) is 8.42 Å². The second-order valence-corrected chi connectivity index (χ2v) is 5.55. The fourth-order valence-corrected chi connectivity index (χ4v) is 2.36. The molecule has 0 radical (unpaired) electrons. The zero-order chi connectivity index (χ0) is 12.9. The fraction of sp³-hybridized carbons (Fsp3) is 0.400. The van der Waals surface area contributed by atoms with Crippen molar-refractivity contribution in [2.45, 2.75) is 20.8 Å². The summed E-state index contributed by atoms with van der Waals surface area (Å²) < 4.78 is 24.3. The SMILES string of the molecule is CC.Cc1cc(Cl)cc(Cl)c1NS(C)(=O)=O. The minimum Gasteiger partial charge on any atom is -0.282 e. The lowest BCUT2D eigenvalue weighted by Gasteiger charge is -2.09. The standard InChI is InChI=1S/C8H9Cl2NO2S.C2H6/c1-5-3-6(9)4-7(10)8(5)11-14(2,12)13;1-2/h3-4,11H,1-2H3;1-2H3. The van der Waals surface area contributed by atoms with Gasteiger partial charge < -0.3 is 0 Å². The molecule has 0 fully saturated rings. The molecule has 0 saturated heterocycles. The fourth-order valence-electron chi connectivity index (χ4n) is 1.02. The number of hydrogen-bond acceptors (Lipinski definition) is 2. The molecule has 0 bridgehead atoms. The van der Waals surface area contributed by atoms with Crippen molar-refractivity contribution in [1.82, 2.24) is 0 Å². The van der Waals surface area contributed by atoms with E-state index < -0.39 is 10.0 Å². The monoisotopic (exact) mass is 283 g/mol. The van der Waals surface area contributed by atoms with Crippen LogP contribution in [0.2, 0.25) is 10.0 Å². The van der Waals surface area contributed by atoms with Crippen molar-refractivity contribution in [3.05, 3.63) is 27.7 Å². The lowest BCUT2D eigenvalue weighted by atomic mass is 10.2. The van der Waals surface area contributed by atoms with Gasteiger partial charge in [0.2, 0.25) is 10.0 Å². The van der Waals surface area contributed by atoms with Gasteiger partial charge >= 0.3 is 0 Å². The molecule has 0 aliphatic carbocycles. The largest absolute Gasteiger partial charge is 0.282 e. The Morgan fingerprint density at radius 1 is 1.19 bits per heavy atom. The maximum Gasteiger partial charge on any atom is 0.229 e. The maximum atomic E-state index is 11.0. The van der Waals surface area contributed by atoms with Crippen molar-refractivity contribution < 1.29 is 8.42 Å². The second kappa shape index (κ2) is 6.33.